The zero-order chi connectivity index (χ0) is 26.5. The van der Waals surface area contributed by atoms with Gasteiger partial charge in [0.15, 0.2) is 18.1 Å². The fourth-order valence-electron chi connectivity index (χ4n) is 3.29. The van der Waals surface area contributed by atoms with E-state index in [1.165, 1.54) is 50.0 Å². The van der Waals surface area contributed by atoms with Crippen molar-refractivity contribution in [2.24, 2.45) is 5.10 Å². The quantitative estimate of drug-likeness (QED) is 0.150. The third-order valence-corrected chi connectivity index (χ3v) is 7.03. The summed E-state index contributed by atoms with van der Waals surface area (Å²) in [5, 5.41) is 6.75. The summed E-state index contributed by atoms with van der Waals surface area (Å²) in [6.45, 7) is -0.340. The van der Waals surface area contributed by atoms with E-state index in [0.29, 0.717) is 38.7 Å². The number of anilines is 1. The molecule has 0 atom stereocenters. The lowest BCUT2D eigenvalue weighted by Gasteiger charge is -2.16. The predicted molar refractivity (Wildman–Crippen MR) is 150 cm³/mol. The van der Waals surface area contributed by atoms with E-state index in [2.05, 4.69) is 26.0 Å². The number of carbonyl (C=O) groups is 1. The van der Waals surface area contributed by atoms with Gasteiger partial charge in [0, 0.05) is 15.1 Å². The van der Waals surface area contributed by atoms with Crippen LogP contribution in [0.4, 0.5) is 5.13 Å². The van der Waals surface area contributed by atoms with Gasteiger partial charge in [-0.25, -0.2) is 4.98 Å². The van der Waals surface area contributed by atoms with Crippen molar-refractivity contribution < 1.29 is 23.7 Å². The van der Waals surface area contributed by atoms with Gasteiger partial charge in [0.1, 0.15) is 5.75 Å². The average molecular weight is 625 g/mol. The molecule has 0 saturated carbocycles. The standard InChI is InChI=1S/C25H20BrCl2N3O5S/c1-33-20-8-14(9-21(34-2)24(20)35-3)12-29-31(25-30-18-6-4-15(26)10-22(18)37-25)23(32)13-36-19-7-5-16(27)11-17(19)28/h4-12H,13H2,1-3H3/b29-12+. The van der Waals surface area contributed by atoms with E-state index in [9.17, 15) is 4.79 Å². The monoisotopic (exact) mass is 623 g/mol. The summed E-state index contributed by atoms with van der Waals surface area (Å²) in [4.78, 5) is 17.9. The van der Waals surface area contributed by atoms with Crippen LogP contribution >= 0.6 is 50.5 Å². The van der Waals surface area contributed by atoms with E-state index in [1.54, 1.807) is 24.3 Å². The summed E-state index contributed by atoms with van der Waals surface area (Å²) < 4.78 is 23.6. The van der Waals surface area contributed by atoms with Crippen LogP contribution in [-0.4, -0.2) is 45.0 Å². The number of aromatic nitrogens is 1. The zero-order valence-corrected chi connectivity index (χ0v) is 23.7. The van der Waals surface area contributed by atoms with Gasteiger partial charge in [-0.1, -0.05) is 50.5 Å². The molecule has 1 aromatic heterocycles. The van der Waals surface area contributed by atoms with E-state index in [0.717, 1.165) is 14.7 Å². The molecule has 4 aromatic rings. The Morgan fingerprint density at radius 3 is 2.41 bits per heavy atom. The second-order valence-electron chi connectivity index (χ2n) is 7.38. The molecule has 0 aliphatic heterocycles. The molecule has 0 spiro atoms. The molecule has 0 bridgehead atoms. The average Bonchev–Trinajstić information content (AvgIpc) is 3.30. The van der Waals surface area contributed by atoms with Gasteiger partial charge in [-0.15, -0.1) is 0 Å². The zero-order valence-electron chi connectivity index (χ0n) is 19.8. The number of carbonyl (C=O) groups excluding carboxylic acids is 1. The number of halogens is 3. The molecule has 0 radical (unpaired) electrons. The van der Waals surface area contributed by atoms with Gasteiger partial charge in [-0.3, -0.25) is 4.79 Å². The lowest BCUT2D eigenvalue weighted by molar-refractivity contribution is -0.120. The Hall–Kier alpha value is -3.05. The largest absolute Gasteiger partial charge is 0.493 e. The minimum Gasteiger partial charge on any atom is -0.493 e. The number of rotatable bonds is 9. The molecular formula is C25H20BrCl2N3O5S. The van der Waals surface area contributed by atoms with Crippen LogP contribution in [0.15, 0.2) is 58.1 Å². The Balaban J connectivity index is 1.68. The van der Waals surface area contributed by atoms with Crippen molar-refractivity contribution in [2.75, 3.05) is 32.9 Å². The fourth-order valence-corrected chi connectivity index (χ4v) is 5.25. The van der Waals surface area contributed by atoms with E-state index >= 15 is 0 Å². The minimum absolute atomic E-state index is 0.289. The summed E-state index contributed by atoms with van der Waals surface area (Å²) in [6, 6.07) is 13.8. The number of methoxy groups -OCH3 is 3. The summed E-state index contributed by atoms with van der Waals surface area (Å²) in [6.07, 6.45) is 1.50. The maximum absolute atomic E-state index is 13.3. The molecule has 0 aliphatic carbocycles. The first-order valence-corrected chi connectivity index (χ1v) is 13.0. The van der Waals surface area contributed by atoms with Crippen LogP contribution in [-0.2, 0) is 4.79 Å². The highest BCUT2D eigenvalue weighted by Gasteiger charge is 2.21. The lowest BCUT2D eigenvalue weighted by Crippen LogP contribution is -2.30. The Labute approximate surface area is 235 Å². The van der Waals surface area contributed by atoms with Crippen molar-refractivity contribution in [3.05, 3.63) is 68.6 Å². The van der Waals surface area contributed by atoms with Gasteiger partial charge in [0.05, 0.1) is 42.8 Å². The summed E-state index contributed by atoms with van der Waals surface area (Å²) >= 11 is 16.9. The number of hydrazone groups is 1. The fraction of sp³-hybridized carbons (Fsp3) is 0.160. The van der Waals surface area contributed by atoms with Gasteiger partial charge < -0.3 is 18.9 Å². The molecule has 3 aromatic carbocycles. The lowest BCUT2D eigenvalue weighted by atomic mass is 10.2. The SMILES string of the molecule is COc1cc(/C=N/N(C(=O)COc2ccc(Cl)cc2Cl)c2nc3ccc(Br)cc3s2)cc(OC)c1OC. The summed E-state index contributed by atoms with van der Waals surface area (Å²) in [5.41, 5.74) is 1.34. The van der Waals surface area contributed by atoms with Gasteiger partial charge >= 0.3 is 0 Å². The number of ether oxygens (including phenoxy) is 4. The maximum atomic E-state index is 13.3. The van der Waals surface area contributed by atoms with Crippen molar-refractivity contribution >= 4 is 77.9 Å². The maximum Gasteiger partial charge on any atom is 0.287 e. The minimum atomic E-state index is -0.465. The molecule has 192 valence electrons. The number of fused-ring (bicyclic) bond motifs is 1. The van der Waals surface area contributed by atoms with Crippen molar-refractivity contribution in [3.8, 4) is 23.0 Å². The van der Waals surface area contributed by atoms with E-state index in [-0.39, 0.29) is 11.6 Å². The highest BCUT2D eigenvalue weighted by molar-refractivity contribution is 9.10. The van der Waals surface area contributed by atoms with Crippen LogP contribution in [0.1, 0.15) is 5.56 Å². The van der Waals surface area contributed by atoms with Crippen LogP contribution in [0.2, 0.25) is 10.0 Å². The second-order valence-corrected chi connectivity index (χ2v) is 10.1. The Morgan fingerprint density at radius 2 is 1.76 bits per heavy atom. The third-order valence-electron chi connectivity index (χ3n) is 5.01. The molecule has 4 rings (SSSR count). The number of amides is 1. The molecule has 12 heteroatoms. The molecule has 8 nitrogen and oxygen atoms in total. The van der Waals surface area contributed by atoms with Crippen molar-refractivity contribution in [1.82, 2.24) is 4.98 Å². The van der Waals surface area contributed by atoms with Crippen LogP contribution in [0.25, 0.3) is 10.2 Å². The van der Waals surface area contributed by atoms with Crippen LogP contribution in [0, 0.1) is 0 Å². The highest BCUT2D eigenvalue weighted by atomic mass is 79.9. The van der Waals surface area contributed by atoms with Gasteiger partial charge in [0.2, 0.25) is 10.9 Å². The molecular weight excluding hydrogens is 605 g/mol. The van der Waals surface area contributed by atoms with Crippen LogP contribution < -0.4 is 24.0 Å². The van der Waals surface area contributed by atoms with E-state index < -0.39 is 5.91 Å². The molecule has 0 unspecified atom stereocenters. The molecule has 0 aliphatic rings. The normalized spacial score (nSPS) is 11.1. The van der Waals surface area contributed by atoms with E-state index in [4.69, 9.17) is 42.1 Å². The molecule has 0 saturated heterocycles. The van der Waals surface area contributed by atoms with Gasteiger partial charge in [-0.05, 0) is 48.5 Å². The molecule has 0 N–H and O–H groups in total. The predicted octanol–water partition coefficient (Wildman–Crippen LogP) is 6.84. The Bertz CT molecular complexity index is 1460. The van der Waals surface area contributed by atoms with E-state index in [1.807, 2.05) is 18.2 Å². The van der Waals surface area contributed by atoms with Crippen LogP contribution in [0.5, 0.6) is 23.0 Å². The topological polar surface area (TPSA) is 82.5 Å². The third kappa shape index (κ3) is 6.27. The number of benzene rings is 3. The van der Waals surface area contributed by atoms with Crippen molar-refractivity contribution in [3.63, 3.8) is 0 Å². The molecule has 0 fully saturated rings. The molecule has 1 heterocycles. The highest BCUT2D eigenvalue weighted by Crippen LogP contribution is 2.38. The van der Waals surface area contributed by atoms with Crippen molar-refractivity contribution in [2.45, 2.75) is 0 Å². The number of thiazole rings is 1. The number of hydrogen-bond acceptors (Lipinski definition) is 8. The number of nitrogens with zero attached hydrogens (tertiary/aromatic N) is 3. The second kappa shape index (κ2) is 12.0. The van der Waals surface area contributed by atoms with Gasteiger partial charge in [-0.2, -0.15) is 10.1 Å². The summed E-state index contributed by atoms with van der Waals surface area (Å²) in [7, 11) is 4.56. The Kier molecular flexibility index (Phi) is 8.75. The van der Waals surface area contributed by atoms with Gasteiger partial charge in [0.25, 0.3) is 5.91 Å². The number of hydrogen-bond donors (Lipinski definition) is 0. The first kappa shape index (κ1) is 27.0. The summed E-state index contributed by atoms with van der Waals surface area (Å²) in [5.74, 6) is 1.20. The first-order valence-electron chi connectivity index (χ1n) is 10.6. The van der Waals surface area contributed by atoms with Crippen LogP contribution in [0.3, 0.4) is 0 Å². The molecule has 1 amide bonds. The smallest absolute Gasteiger partial charge is 0.287 e. The first-order chi connectivity index (χ1) is 17.8. The van der Waals surface area contributed by atoms with Crippen molar-refractivity contribution in [1.29, 1.82) is 0 Å². The Morgan fingerprint density at radius 1 is 1.03 bits per heavy atom. The molecule has 37 heavy (non-hydrogen) atoms.